The minimum absolute atomic E-state index is 0. The number of carboxylic acids is 1. The maximum absolute atomic E-state index is 12.8. The average Bonchev–Trinajstić information content (AvgIpc) is 3.13. The molecule has 2 aromatic rings. The van der Waals surface area contributed by atoms with Crippen LogP contribution in [-0.2, 0) is 44.1 Å². The molecule has 198 valence electrons. The zero-order valence-corrected chi connectivity index (χ0v) is 26.5. The summed E-state index contributed by atoms with van der Waals surface area (Å²) in [7, 11) is -14.0. The predicted octanol–water partition coefficient (Wildman–Crippen LogP) is -6.21. The molecule has 0 bridgehead atoms. The van der Waals surface area contributed by atoms with E-state index in [0.29, 0.717) is 5.01 Å². The van der Waals surface area contributed by atoms with Gasteiger partial charge in [-0.3, -0.25) is 8.98 Å². The summed E-state index contributed by atoms with van der Waals surface area (Å²) in [6.07, 6.45) is 0. The van der Waals surface area contributed by atoms with Crippen LogP contribution < -0.4 is 64.1 Å². The first-order valence-electron chi connectivity index (χ1n) is 9.64. The third kappa shape index (κ3) is 9.47. The van der Waals surface area contributed by atoms with Gasteiger partial charge in [0.15, 0.2) is 15.5 Å². The second-order valence-corrected chi connectivity index (χ2v) is 11.6. The molecule has 0 aliphatic carbocycles. The summed E-state index contributed by atoms with van der Waals surface area (Å²) in [4.78, 5) is 23.4. The Morgan fingerprint density at radius 2 is 1.62 bits per heavy atom. The fourth-order valence-electron chi connectivity index (χ4n) is 2.87. The van der Waals surface area contributed by atoms with Gasteiger partial charge in [-0.05, 0) is 42.5 Å². The molecule has 0 saturated carbocycles. The summed E-state index contributed by atoms with van der Waals surface area (Å²) in [6, 6.07) is 6.87. The topological polar surface area (TPSA) is 252 Å². The number of hydrogen-bond donors (Lipinski definition) is 1. The molecular formula is C18H14N4Na2O12S3. The van der Waals surface area contributed by atoms with Crippen molar-refractivity contribution in [3.8, 4) is 0 Å². The summed E-state index contributed by atoms with van der Waals surface area (Å²) >= 11 is 0. The molecule has 39 heavy (non-hydrogen) atoms. The Balaban J connectivity index is 0.00000380. The number of benzene rings is 2. The number of sulfone groups is 1. The first-order chi connectivity index (χ1) is 17.1. The molecule has 1 aliphatic rings. The van der Waals surface area contributed by atoms with E-state index < -0.39 is 71.2 Å². The molecule has 1 unspecified atom stereocenters. The van der Waals surface area contributed by atoms with Gasteiger partial charge in [-0.25, -0.2) is 30.0 Å². The fourth-order valence-corrected chi connectivity index (χ4v) is 4.86. The monoisotopic (exact) mass is 620 g/mol. The maximum Gasteiger partial charge on any atom is 1.00 e. The second-order valence-electron chi connectivity index (χ2n) is 7.05. The Morgan fingerprint density at radius 3 is 2.15 bits per heavy atom. The van der Waals surface area contributed by atoms with E-state index in [4.69, 9.17) is 0 Å². The Bertz CT molecular complexity index is 1630. The molecule has 3 rings (SSSR count). The van der Waals surface area contributed by atoms with E-state index in [-0.39, 0.29) is 75.4 Å². The van der Waals surface area contributed by atoms with Gasteiger partial charge in [0, 0.05) is 0 Å². The van der Waals surface area contributed by atoms with Crippen molar-refractivity contribution in [1.82, 2.24) is 0 Å². The van der Waals surface area contributed by atoms with Crippen LogP contribution in [0.3, 0.4) is 0 Å². The van der Waals surface area contributed by atoms with Gasteiger partial charge in [0.2, 0.25) is 16.4 Å². The van der Waals surface area contributed by atoms with Crippen LogP contribution in [0.5, 0.6) is 0 Å². The van der Waals surface area contributed by atoms with Gasteiger partial charge in [-0.15, -0.1) is 0 Å². The minimum atomic E-state index is -5.06. The molecule has 1 heterocycles. The number of rotatable bonds is 10. The van der Waals surface area contributed by atoms with E-state index >= 15 is 0 Å². The number of nitrogens with zero attached hydrogens (tertiary/aromatic N) is 4. The number of hydrogen-bond acceptors (Lipinski definition) is 14. The molecule has 1 atom stereocenters. The van der Waals surface area contributed by atoms with Crippen molar-refractivity contribution in [2.24, 2.45) is 15.3 Å². The van der Waals surface area contributed by atoms with Crippen LogP contribution in [0.25, 0.3) is 0 Å². The van der Waals surface area contributed by atoms with Crippen molar-refractivity contribution < 1.29 is 112 Å². The maximum atomic E-state index is 12.8. The molecular weight excluding hydrogens is 606 g/mol. The van der Waals surface area contributed by atoms with Gasteiger partial charge in [-0.1, -0.05) is 6.07 Å². The largest absolute Gasteiger partial charge is 1.00 e. The number of azo groups is 1. The number of anilines is 1. The molecule has 21 heteroatoms. The smallest absolute Gasteiger partial charge is 0.744 e. The van der Waals surface area contributed by atoms with E-state index in [1.54, 1.807) is 0 Å². The number of amides is 1. The van der Waals surface area contributed by atoms with Gasteiger partial charge in [0.25, 0.3) is 5.91 Å². The van der Waals surface area contributed by atoms with Gasteiger partial charge < -0.3 is 14.2 Å². The van der Waals surface area contributed by atoms with Crippen molar-refractivity contribution in [3.05, 3.63) is 48.5 Å². The second kappa shape index (κ2) is 13.8. The number of carboxylic acid groups (broad SMARTS) is 1. The zero-order chi connectivity index (χ0) is 27.6. The Kier molecular flexibility index (Phi) is 12.6. The van der Waals surface area contributed by atoms with E-state index in [9.17, 15) is 49.1 Å². The predicted molar refractivity (Wildman–Crippen MR) is 119 cm³/mol. The molecule has 0 saturated heterocycles. The molecule has 0 spiro atoms. The molecule has 0 fully saturated rings. The number of hydrazone groups is 1. The van der Waals surface area contributed by atoms with Gasteiger partial charge in [-0.2, -0.15) is 20.3 Å². The van der Waals surface area contributed by atoms with E-state index in [2.05, 4.69) is 19.5 Å². The third-order valence-corrected chi connectivity index (χ3v) is 7.52. The number of aliphatic carboxylic acids is 1. The van der Waals surface area contributed by atoms with Crippen LogP contribution in [0.2, 0.25) is 0 Å². The van der Waals surface area contributed by atoms with E-state index in [1.807, 2.05) is 0 Å². The summed E-state index contributed by atoms with van der Waals surface area (Å²) in [5.74, 6) is -3.46. The van der Waals surface area contributed by atoms with Crippen molar-refractivity contribution in [2.45, 2.75) is 15.8 Å². The molecule has 0 aromatic heterocycles. The molecule has 1 N–H and O–H groups in total. The SMILES string of the molecule is O=C(O)C1=NN(c2cccc(S(=O)(=O)[O-])c2)C(=O)C1N=Nc1ccc(S(=O)(=O)CCOS(=O)(=O)[O-])cc1.[Na+].[Na+]. The molecule has 0 radical (unpaired) electrons. The number of carbonyl (C=O) groups excluding carboxylic acids is 1. The summed E-state index contributed by atoms with van der Waals surface area (Å²) in [5, 5.41) is 21.0. The Labute approximate surface area is 266 Å². The quantitative estimate of drug-likeness (QED) is 0.113. The van der Waals surface area contributed by atoms with E-state index in [0.717, 1.165) is 42.5 Å². The van der Waals surface area contributed by atoms with Gasteiger partial charge >= 0.3 is 65.1 Å². The van der Waals surface area contributed by atoms with Crippen LogP contribution in [0, 0.1) is 0 Å². The van der Waals surface area contributed by atoms with E-state index in [1.165, 1.54) is 6.07 Å². The molecule has 2 aromatic carbocycles. The van der Waals surface area contributed by atoms with Crippen molar-refractivity contribution in [1.29, 1.82) is 0 Å². The Hall–Kier alpha value is -1.62. The first-order valence-corrected chi connectivity index (χ1v) is 14.0. The van der Waals surface area contributed by atoms with Crippen molar-refractivity contribution >= 4 is 59.3 Å². The summed E-state index contributed by atoms with van der Waals surface area (Å²) in [6.45, 7) is -0.892. The first kappa shape index (κ1) is 35.4. The molecule has 1 aliphatic heterocycles. The van der Waals surface area contributed by atoms with Crippen molar-refractivity contribution in [2.75, 3.05) is 17.4 Å². The molecule has 1 amide bonds. The standard InChI is InChI=1S/C18H16N4O12S3.2Na/c23-17-15(16(18(24)25)21-22(17)12-2-1-3-14(10-12)36(28,29)30)20-19-11-4-6-13(7-5-11)35(26,27)9-8-34-37(31,32)33;;/h1-7,10,15H,8-9H2,(H,24,25)(H,28,29,30)(H,31,32,33);;/q;2*+1/p-2. The zero-order valence-electron chi connectivity index (χ0n) is 20.1. The Morgan fingerprint density at radius 1 is 1.00 bits per heavy atom. The van der Waals surface area contributed by atoms with Crippen LogP contribution in [0.1, 0.15) is 0 Å². The van der Waals surface area contributed by atoms with Crippen LogP contribution >= 0.6 is 0 Å². The van der Waals surface area contributed by atoms with Crippen LogP contribution in [0.4, 0.5) is 11.4 Å². The van der Waals surface area contributed by atoms with Crippen molar-refractivity contribution in [3.63, 3.8) is 0 Å². The number of carbonyl (C=O) groups is 2. The normalized spacial score (nSPS) is 15.9. The van der Waals surface area contributed by atoms with Crippen LogP contribution in [-0.4, -0.2) is 75.5 Å². The van der Waals surface area contributed by atoms with Gasteiger partial charge in [0.05, 0.1) is 33.5 Å². The third-order valence-electron chi connectivity index (χ3n) is 4.54. The minimum Gasteiger partial charge on any atom is -0.744 e. The van der Waals surface area contributed by atoms with Crippen LogP contribution in [0.15, 0.2) is 73.7 Å². The summed E-state index contributed by atoms with van der Waals surface area (Å²) < 4.78 is 93.3. The summed E-state index contributed by atoms with van der Waals surface area (Å²) in [5.41, 5.74) is -0.967. The molecule has 16 nitrogen and oxygen atoms in total. The average molecular weight is 621 g/mol. The fraction of sp³-hybridized carbons (Fsp3) is 0.167. The van der Waals surface area contributed by atoms with Gasteiger partial charge in [0.1, 0.15) is 10.1 Å².